The molecule has 0 spiro atoms. The summed E-state index contributed by atoms with van der Waals surface area (Å²) in [5.41, 5.74) is 0.791. The van der Waals surface area contributed by atoms with E-state index in [9.17, 15) is 9.90 Å². The highest BCUT2D eigenvalue weighted by molar-refractivity contribution is 5.87. The third-order valence-electron chi connectivity index (χ3n) is 3.66. The Balaban J connectivity index is 2.08. The van der Waals surface area contributed by atoms with Crippen molar-refractivity contribution in [2.45, 2.75) is 38.8 Å². The maximum Gasteiger partial charge on any atom is 0.374 e. The second-order valence-electron chi connectivity index (χ2n) is 5.02. The lowest BCUT2D eigenvalue weighted by Gasteiger charge is -2.33. The Kier molecular flexibility index (Phi) is 4.61. The van der Waals surface area contributed by atoms with Gasteiger partial charge in [-0.15, -0.1) is 0 Å². The topological polar surface area (TPSA) is 62.9 Å². The fraction of sp³-hybridized carbons (Fsp3) is 0.643. The number of ether oxygens (including phenoxy) is 1. The highest BCUT2D eigenvalue weighted by Gasteiger charge is 2.24. The highest BCUT2D eigenvalue weighted by Crippen LogP contribution is 2.22. The van der Waals surface area contributed by atoms with E-state index in [0.717, 1.165) is 37.1 Å². The number of aliphatic hydroxyl groups is 1. The Bertz CT molecular complexity index is 441. The van der Waals surface area contributed by atoms with Crippen LogP contribution in [-0.4, -0.2) is 42.3 Å². The SMILES string of the molecule is COC(=O)c1oc(CN2CCCCC2CO)cc1C. The zero-order valence-electron chi connectivity index (χ0n) is 11.5. The number of piperidine rings is 1. The lowest BCUT2D eigenvalue weighted by molar-refractivity contribution is 0.0549. The molecule has 1 N–H and O–H groups in total. The van der Waals surface area contributed by atoms with Crippen LogP contribution in [0.4, 0.5) is 0 Å². The number of nitrogens with zero attached hydrogens (tertiary/aromatic N) is 1. The molecule has 1 unspecified atom stereocenters. The second-order valence-corrected chi connectivity index (χ2v) is 5.02. The molecule has 5 heteroatoms. The van der Waals surface area contributed by atoms with Crippen LogP contribution >= 0.6 is 0 Å². The van der Waals surface area contributed by atoms with Gasteiger partial charge in [-0.3, -0.25) is 4.90 Å². The first-order valence-corrected chi connectivity index (χ1v) is 6.68. The van der Waals surface area contributed by atoms with Gasteiger partial charge in [0.15, 0.2) is 0 Å². The normalized spacial score (nSPS) is 20.5. The minimum atomic E-state index is -0.443. The maximum absolute atomic E-state index is 11.5. The molecule has 0 radical (unpaired) electrons. The molecule has 19 heavy (non-hydrogen) atoms. The minimum absolute atomic E-state index is 0.170. The van der Waals surface area contributed by atoms with Crippen LogP contribution in [0.1, 0.15) is 41.1 Å². The van der Waals surface area contributed by atoms with E-state index in [2.05, 4.69) is 9.64 Å². The summed E-state index contributed by atoms with van der Waals surface area (Å²) in [6.45, 7) is 3.59. The number of rotatable bonds is 4. The summed E-state index contributed by atoms with van der Waals surface area (Å²) in [5.74, 6) is 0.578. The summed E-state index contributed by atoms with van der Waals surface area (Å²) in [6, 6.07) is 2.07. The van der Waals surface area contributed by atoms with Crippen molar-refractivity contribution < 1.29 is 19.1 Å². The van der Waals surface area contributed by atoms with Crippen LogP contribution in [0.5, 0.6) is 0 Å². The van der Waals surface area contributed by atoms with Crippen LogP contribution in [0.2, 0.25) is 0 Å². The first-order chi connectivity index (χ1) is 9.15. The van der Waals surface area contributed by atoms with Crippen LogP contribution in [0.15, 0.2) is 10.5 Å². The second kappa shape index (κ2) is 6.21. The Labute approximate surface area is 113 Å². The zero-order valence-corrected chi connectivity index (χ0v) is 11.5. The van der Waals surface area contributed by atoms with E-state index in [1.807, 2.05) is 13.0 Å². The quantitative estimate of drug-likeness (QED) is 0.842. The highest BCUT2D eigenvalue weighted by atomic mass is 16.5. The summed E-state index contributed by atoms with van der Waals surface area (Å²) >= 11 is 0. The van der Waals surface area contributed by atoms with E-state index >= 15 is 0 Å². The van der Waals surface area contributed by atoms with Gasteiger partial charge in [-0.05, 0) is 32.4 Å². The molecule has 2 heterocycles. The van der Waals surface area contributed by atoms with E-state index in [0.29, 0.717) is 6.54 Å². The molecule has 0 saturated carbocycles. The monoisotopic (exact) mass is 267 g/mol. The lowest BCUT2D eigenvalue weighted by atomic mass is 10.0. The van der Waals surface area contributed by atoms with Gasteiger partial charge >= 0.3 is 5.97 Å². The molecule has 1 atom stereocenters. The largest absolute Gasteiger partial charge is 0.463 e. The molecule has 0 amide bonds. The van der Waals surface area contributed by atoms with Gasteiger partial charge in [0.2, 0.25) is 5.76 Å². The van der Waals surface area contributed by atoms with E-state index in [-0.39, 0.29) is 18.4 Å². The Morgan fingerprint density at radius 1 is 1.58 bits per heavy atom. The fourth-order valence-electron chi connectivity index (χ4n) is 2.60. The number of hydrogen-bond donors (Lipinski definition) is 1. The standard InChI is InChI=1S/C14H21NO4/c1-10-7-12(19-13(10)14(17)18-2)8-15-6-4-3-5-11(15)9-16/h7,11,16H,3-6,8-9H2,1-2H3. The van der Waals surface area contributed by atoms with Crippen molar-refractivity contribution in [3.8, 4) is 0 Å². The van der Waals surface area contributed by atoms with Crippen molar-refractivity contribution in [2.75, 3.05) is 20.3 Å². The molecule has 1 aromatic rings. The summed E-state index contributed by atoms with van der Waals surface area (Å²) < 4.78 is 10.2. The van der Waals surface area contributed by atoms with Crippen LogP contribution in [-0.2, 0) is 11.3 Å². The number of aryl methyl sites for hydroxylation is 1. The minimum Gasteiger partial charge on any atom is -0.463 e. The van der Waals surface area contributed by atoms with Crippen molar-refractivity contribution in [1.29, 1.82) is 0 Å². The van der Waals surface area contributed by atoms with Gasteiger partial charge in [-0.2, -0.15) is 0 Å². The molecule has 2 rings (SSSR count). The predicted molar refractivity (Wildman–Crippen MR) is 69.9 cm³/mol. The van der Waals surface area contributed by atoms with Gasteiger partial charge in [0.1, 0.15) is 5.76 Å². The molecule has 0 aliphatic carbocycles. The van der Waals surface area contributed by atoms with Crippen molar-refractivity contribution >= 4 is 5.97 Å². The first-order valence-electron chi connectivity index (χ1n) is 6.68. The van der Waals surface area contributed by atoms with E-state index in [1.165, 1.54) is 7.11 Å². The molecule has 0 aromatic carbocycles. The number of aliphatic hydroxyl groups excluding tert-OH is 1. The summed E-state index contributed by atoms with van der Waals surface area (Å²) in [5, 5.41) is 9.38. The fourth-order valence-corrected chi connectivity index (χ4v) is 2.60. The summed E-state index contributed by atoms with van der Waals surface area (Å²) in [4.78, 5) is 13.7. The third-order valence-corrected chi connectivity index (χ3v) is 3.66. The maximum atomic E-state index is 11.5. The number of hydrogen-bond acceptors (Lipinski definition) is 5. The third kappa shape index (κ3) is 3.16. The average Bonchev–Trinajstić information content (AvgIpc) is 2.79. The smallest absolute Gasteiger partial charge is 0.374 e. The van der Waals surface area contributed by atoms with Crippen LogP contribution in [0.3, 0.4) is 0 Å². The number of methoxy groups -OCH3 is 1. The Morgan fingerprint density at radius 2 is 2.37 bits per heavy atom. The van der Waals surface area contributed by atoms with Gasteiger partial charge in [0.25, 0.3) is 0 Å². The zero-order chi connectivity index (χ0) is 13.8. The molecule has 1 aliphatic rings. The number of esters is 1. The molecule has 5 nitrogen and oxygen atoms in total. The van der Waals surface area contributed by atoms with Gasteiger partial charge in [0.05, 0.1) is 20.3 Å². The van der Waals surface area contributed by atoms with E-state index < -0.39 is 5.97 Å². The number of carbonyl (C=O) groups is 1. The van der Waals surface area contributed by atoms with Crippen molar-refractivity contribution in [3.05, 3.63) is 23.2 Å². The average molecular weight is 267 g/mol. The molecule has 106 valence electrons. The van der Waals surface area contributed by atoms with Gasteiger partial charge in [-0.25, -0.2) is 4.79 Å². The predicted octanol–water partition coefficient (Wildman–Crippen LogP) is 1.72. The molecule has 0 bridgehead atoms. The van der Waals surface area contributed by atoms with Gasteiger partial charge in [0, 0.05) is 11.6 Å². The van der Waals surface area contributed by atoms with Crippen molar-refractivity contribution in [1.82, 2.24) is 4.90 Å². The summed E-state index contributed by atoms with van der Waals surface area (Å²) in [6.07, 6.45) is 3.31. The van der Waals surface area contributed by atoms with Gasteiger partial charge in [-0.1, -0.05) is 6.42 Å². The van der Waals surface area contributed by atoms with Crippen LogP contribution < -0.4 is 0 Å². The van der Waals surface area contributed by atoms with Crippen molar-refractivity contribution in [3.63, 3.8) is 0 Å². The molecular weight excluding hydrogens is 246 g/mol. The molecule has 1 saturated heterocycles. The number of likely N-dealkylation sites (tertiary alicyclic amines) is 1. The number of furan rings is 1. The lowest BCUT2D eigenvalue weighted by Crippen LogP contribution is -2.41. The van der Waals surface area contributed by atoms with Crippen molar-refractivity contribution in [2.24, 2.45) is 0 Å². The van der Waals surface area contributed by atoms with E-state index in [4.69, 9.17) is 4.42 Å². The molecule has 1 fully saturated rings. The molecule has 1 aliphatic heterocycles. The number of carbonyl (C=O) groups excluding carboxylic acids is 1. The van der Waals surface area contributed by atoms with Crippen LogP contribution in [0.25, 0.3) is 0 Å². The summed E-state index contributed by atoms with van der Waals surface area (Å²) in [7, 11) is 1.34. The first kappa shape index (κ1) is 14.1. The van der Waals surface area contributed by atoms with Crippen LogP contribution in [0, 0.1) is 6.92 Å². The van der Waals surface area contributed by atoms with Gasteiger partial charge < -0.3 is 14.3 Å². The van der Waals surface area contributed by atoms with E-state index in [1.54, 1.807) is 0 Å². The molecule has 1 aromatic heterocycles. The Hall–Kier alpha value is -1.33. The molecular formula is C14H21NO4. The Morgan fingerprint density at radius 3 is 3.05 bits per heavy atom.